The third kappa shape index (κ3) is 3.52. The summed E-state index contributed by atoms with van der Waals surface area (Å²) in [4.78, 5) is 39.9. The van der Waals surface area contributed by atoms with E-state index in [0.717, 1.165) is 30.4 Å². The molecule has 1 atom stereocenters. The second-order valence-electron chi connectivity index (χ2n) is 6.75. The van der Waals surface area contributed by atoms with Gasteiger partial charge in [0.1, 0.15) is 6.04 Å². The van der Waals surface area contributed by atoms with Crippen molar-refractivity contribution in [2.45, 2.75) is 51.6 Å². The molecule has 134 valence electrons. The van der Waals surface area contributed by atoms with Gasteiger partial charge in [0, 0.05) is 26.1 Å². The lowest BCUT2D eigenvalue weighted by atomic mass is 9.95. The first kappa shape index (κ1) is 17.5. The van der Waals surface area contributed by atoms with Gasteiger partial charge in [0.05, 0.1) is 5.56 Å². The molecule has 0 saturated carbocycles. The largest absolute Gasteiger partial charge is 0.478 e. The minimum atomic E-state index is -0.960. The van der Waals surface area contributed by atoms with Crippen molar-refractivity contribution in [1.29, 1.82) is 0 Å². The summed E-state index contributed by atoms with van der Waals surface area (Å²) in [5.74, 6) is -0.935. The number of carboxylic acid groups (broad SMARTS) is 1. The van der Waals surface area contributed by atoms with Crippen LogP contribution in [0.3, 0.4) is 0 Å². The highest BCUT2D eigenvalue weighted by atomic mass is 16.4. The molecular formula is C19H24N2O4. The number of nitrogens with zero attached hydrogens (tertiary/aromatic N) is 2. The van der Waals surface area contributed by atoms with Crippen molar-refractivity contribution in [3.8, 4) is 0 Å². The molecule has 6 heteroatoms. The molecule has 2 aliphatic rings. The number of aromatic carboxylic acids is 1. The number of benzene rings is 1. The van der Waals surface area contributed by atoms with Crippen LogP contribution in [0.1, 0.15) is 54.1 Å². The molecule has 1 aromatic rings. The lowest BCUT2D eigenvalue weighted by molar-refractivity contribution is -0.148. The molecule has 1 unspecified atom stereocenters. The highest BCUT2D eigenvalue weighted by molar-refractivity contribution is 5.89. The molecule has 2 aliphatic heterocycles. The van der Waals surface area contributed by atoms with Gasteiger partial charge in [0.25, 0.3) is 0 Å². The number of carboxylic acids is 1. The average Bonchev–Trinajstić information content (AvgIpc) is 2.65. The minimum absolute atomic E-state index is 0.00659. The van der Waals surface area contributed by atoms with Gasteiger partial charge >= 0.3 is 5.97 Å². The maximum absolute atomic E-state index is 13.0. The Morgan fingerprint density at radius 1 is 1.16 bits per heavy atom. The number of likely N-dealkylation sites (tertiary alicyclic amines) is 1. The van der Waals surface area contributed by atoms with Gasteiger partial charge in [0.15, 0.2) is 0 Å². The third-order valence-corrected chi connectivity index (χ3v) is 5.19. The zero-order valence-corrected chi connectivity index (χ0v) is 14.5. The second-order valence-corrected chi connectivity index (χ2v) is 6.75. The molecule has 0 bridgehead atoms. The van der Waals surface area contributed by atoms with Crippen molar-refractivity contribution in [2.75, 3.05) is 13.1 Å². The summed E-state index contributed by atoms with van der Waals surface area (Å²) in [7, 11) is 0. The minimum Gasteiger partial charge on any atom is -0.478 e. The number of hydrogen-bond acceptors (Lipinski definition) is 3. The van der Waals surface area contributed by atoms with E-state index in [1.807, 2.05) is 13.0 Å². The first-order chi connectivity index (χ1) is 12.0. The molecule has 1 aromatic carbocycles. The Labute approximate surface area is 147 Å². The Bertz CT molecular complexity index is 701. The van der Waals surface area contributed by atoms with Crippen LogP contribution in [0.25, 0.3) is 0 Å². The SMILES string of the molecule is CCC(=O)N1CCCCC1C(=O)N1CCc2ccc(C(=O)O)cc2C1. The van der Waals surface area contributed by atoms with Crippen LogP contribution in [0.5, 0.6) is 0 Å². The summed E-state index contributed by atoms with van der Waals surface area (Å²) in [6, 6.07) is 4.74. The van der Waals surface area contributed by atoms with Crippen LogP contribution in [-0.2, 0) is 22.6 Å². The fourth-order valence-electron chi connectivity index (χ4n) is 3.78. The van der Waals surface area contributed by atoms with Gasteiger partial charge < -0.3 is 14.9 Å². The number of amides is 2. The van der Waals surface area contributed by atoms with Crippen LogP contribution in [0.15, 0.2) is 18.2 Å². The fourth-order valence-corrected chi connectivity index (χ4v) is 3.78. The number of carbonyl (C=O) groups is 3. The number of rotatable bonds is 3. The van der Waals surface area contributed by atoms with Crippen molar-refractivity contribution in [3.63, 3.8) is 0 Å². The Morgan fingerprint density at radius 3 is 2.68 bits per heavy atom. The number of piperidine rings is 1. The summed E-state index contributed by atoms with van der Waals surface area (Å²) in [6.45, 7) is 3.50. The Morgan fingerprint density at radius 2 is 1.96 bits per heavy atom. The van der Waals surface area contributed by atoms with Crippen LogP contribution >= 0.6 is 0 Å². The number of carbonyl (C=O) groups excluding carboxylic acids is 2. The van der Waals surface area contributed by atoms with Crippen molar-refractivity contribution in [1.82, 2.24) is 9.80 Å². The van der Waals surface area contributed by atoms with E-state index in [1.165, 1.54) is 0 Å². The normalized spacial score (nSPS) is 20.1. The maximum Gasteiger partial charge on any atom is 0.335 e. The topological polar surface area (TPSA) is 77.9 Å². The molecule has 1 N–H and O–H groups in total. The molecule has 0 aliphatic carbocycles. The zero-order valence-electron chi connectivity index (χ0n) is 14.5. The lowest BCUT2D eigenvalue weighted by Gasteiger charge is -2.39. The zero-order chi connectivity index (χ0) is 18.0. The molecule has 0 aromatic heterocycles. The third-order valence-electron chi connectivity index (χ3n) is 5.19. The van der Waals surface area contributed by atoms with Gasteiger partial charge in [-0.25, -0.2) is 4.79 Å². The second kappa shape index (κ2) is 7.25. The van der Waals surface area contributed by atoms with E-state index in [1.54, 1.807) is 21.9 Å². The highest BCUT2D eigenvalue weighted by Gasteiger charge is 2.35. The molecule has 3 rings (SSSR count). The van der Waals surface area contributed by atoms with Crippen LogP contribution < -0.4 is 0 Å². The van der Waals surface area contributed by atoms with E-state index < -0.39 is 5.97 Å². The first-order valence-electron chi connectivity index (χ1n) is 8.94. The molecule has 1 fully saturated rings. The van der Waals surface area contributed by atoms with Crippen LogP contribution in [0.2, 0.25) is 0 Å². The Balaban J connectivity index is 1.78. The summed E-state index contributed by atoms with van der Waals surface area (Å²) in [5.41, 5.74) is 2.23. The predicted octanol–water partition coefficient (Wildman–Crippen LogP) is 2.06. The van der Waals surface area contributed by atoms with E-state index in [2.05, 4.69) is 0 Å². The molecule has 2 heterocycles. The van der Waals surface area contributed by atoms with Gasteiger partial charge in [-0.15, -0.1) is 0 Å². The summed E-state index contributed by atoms with van der Waals surface area (Å²) in [5, 5.41) is 9.16. The fraction of sp³-hybridized carbons (Fsp3) is 0.526. The molecule has 0 spiro atoms. The lowest BCUT2D eigenvalue weighted by Crippen LogP contribution is -2.53. The van der Waals surface area contributed by atoms with Crippen molar-refractivity contribution < 1.29 is 19.5 Å². The maximum atomic E-state index is 13.0. The molecule has 25 heavy (non-hydrogen) atoms. The van der Waals surface area contributed by atoms with Gasteiger partial charge in [-0.05, 0) is 48.9 Å². The molecule has 6 nitrogen and oxygen atoms in total. The van der Waals surface area contributed by atoms with Gasteiger partial charge in [0.2, 0.25) is 11.8 Å². The van der Waals surface area contributed by atoms with E-state index in [0.29, 0.717) is 32.5 Å². The Kier molecular flexibility index (Phi) is 5.06. The van der Waals surface area contributed by atoms with Gasteiger partial charge in [-0.1, -0.05) is 13.0 Å². The van der Waals surface area contributed by atoms with Crippen molar-refractivity contribution in [3.05, 3.63) is 34.9 Å². The summed E-state index contributed by atoms with van der Waals surface area (Å²) < 4.78 is 0. The highest BCUT2D eigenvalue weighted by Crippen LogP contribution is 2.25. The number of fused-ring (bicyclic) bond motifs is 1. The number of hydrogen-bond donors (Lipinski definition) is 1. The average molecular weight is 344 g/mol. The van der Waals surface area contributed by atoms with E-state index >= 15 is 0 Å². The summed E-state index contributed by atoms with van der Waals surface area (Å²) in [6.07, 6.45) is 3.74. The first-order valence-corrected chi connectivity index (χ1v) is 8.94. The predicted molar refractivity (Wildman–Crippen MR) is 92.2 cm³/mol. The van der Waals surface area contributed by atoms with Crippen molar-refractivity contribution in [2.24, 2.45) is 0 Å². The van der Waals surface area contributed by atoms with Gasteiger partial charge in [-0.3, -0.25) is 9.59 Å². The molecule has 0 radical (unpaired) electrons. The quantitative estimate of drug-likeness (QED) is 0.910. The molecule has 1 saturated heterocycles. The molecule has 2 amide bonds. The van der Waals surface area contributed by atoms with Crippen LogP contribution in [-0.4, -0.2) is 51.8 Å². The van der Waals surface area contributed by atoms with E-state index in [4.69, 9.17) is 5.11 Å². The van der Waals surface area contributed by atoms with E-state index in [-0.39, 0.29) is 23.4 Å². The van der Waals surface area contributed by atoms with Crippen molar-refractivity contribution >= 4 is 17.8 Å². The Hall–Kier alpha value is -2.37. The van der Waals surface area contributed by atoms with Crippen LogP contribution in [0, 0.1) is 0 Å². The smallest absolute Gasteiger partial charge is 0.335 e. The van der Waals surface area contributed by atoms with E-state index in [9.17, 15) is 14.4 Å². The molecular weight excluding hydrogens is 320 g/mol. The monoisotopic (exact) mass is 344 g/mol. The van der Waals surface area contributed by atoms with Crippen LogP contribution in [0.4, 0.5) is 0 Å². The standard InChI is InChI=1S/C19H24N2O4/c1-2-17(22)21-9-4-3-5-16(21)18(23)20-10-8-13-6-7-14(19(24)25)11-15(13)12-20/h6-7,11,16H,2-5,8-10,12H2,1H3,(H,24,25). The summed E-state index contributed by atoms with van der Waals surface area (Å²) >= 11 is 0. The van der Waals surface area contributed by atoms with Gasteiger partial charge in [-0.2, -0.15) is 0 Å².